The van der Waals surface area contributed by atoms with E-state index in [1.54, 1.807) is 0 Å². The third kappa shape index (κ3) is 3.67. The summed E-state index contributed by atoms with van der Waals surface area (Å²) >= 11 is 0. The molecule has 0 saturated carbocycles. The molecule has 0 bridgehead atoms. The highest BCUT2D eigenvalue weighted by Gasteiger charge is 2.20. The van der Waals surface area contributed by atoms with Crippen LogP contribution in [0.2, 0.25) is 0 Å². The SMILES string of the molecule is CN(CC1CCOCC1)CC(O)c1ccc2c(c1)OCO2. The summed E-state index contributed by atoms with van der Waals surface area (Å²) in [6.07, 6.45) is 1.72. The predicted octanol–water partition coefficient (Wildman–Crippen LogP) is 1.81. The fraction of sp³-hybridized carbons (Fsp3) is 0.625. The van der Waals surface area contributed by atoms with Crippen LogP contribution < -0.4 is 9.47 Å². The Morgan fingerprint density at radius 1 is 1.24 bits per heavy atom. The second kappa shape index (κ2) is 6.64. The van der Waals surface area contributed by atoms with E-state index >= 15 is 0 Å². The molecule has 1 unspecified atom stereocenters. The minimum atomic E-state index is -0.510. The summed E-state index contributed by atoms with van der Waals surface area (Å²) in [6.45, 7) is 3.62. The first-order valence-corrected chi connectivity index (χ1v) is 7.56. The van der Waals surface area contributed by atoms with Crippen molar-refractivity contribution in [2.45, 2.75) is 18.9 Å². The maximum absolute atomic E-state index is 10.4. The fourth-order valence-electron chi connectivity index (χ4n) is 2.97. The maximum atomic E-state index is 10.4. The average molecular weight is 293 g/mol. The lowest BCUT2D eigenvalue weighted by Crippen LogP contribution is -2.32. The van der Waals surface area contributed by atoms with E-state index in [1.807, 2.05) is 18.2 Å². The standard InChI is InChI=1S/C16H23NO4/c1-17(9-12-4-6-19-7-5-12)10-14(18)13-2-3-15-16(8-13)21-11-20-15/h2-3,8,12,14,18H,4-7,9-11H2,1H3. The van der Waals surface area contributed by atoms with Gasteiger partial charge in [0.2, 0.25) is 6.79 Å². The van der Waals surface area contributed by atoms with Gasteiger partial charge < -0.3 is 24.2 Å². The summed E-state index contributed by atoms with van der Waals surface area (Å²) in [5.41, 5.74) is 0.873. The Bertz CT molecular complexity index is 473. The molecule has 0 radical (unpaired) electrons. The number of fused-ring (bicyclic) bond motifs is 1. The van der Waals surface area contributed by atoms with Gasteiger partial charge in [0.05, 0.1) is 6.10 Å². The Kier molecular flexibility index (Phi) is 4.63. The molecule has 0 aliphatic carbocycles. The lowest BCUT2D eigenvalue weighted by molar-refractivity contribution is 0.0477. The van der Waals surface area contributed by atoms with Gasteiger partial charge in [0.15, 0.2) is 11.5 Å². The van der Waals surface area contributed by atoms with E-state index in [0.717, 1.165) is 49.7 Å². The fourth-order valence-corrected chi connectivity index (χ4v) is 2.97. The lowest BCUT2D eigenvalue weighted by Gasteiger charge is -2.28. The first kappa shape index (κ1) is 14.6. The summed E-state index contributed by atoms with van der Waals surface area (Å²) in [7, 11) is 2.06. The van der Waals surface area contributed by atoms with Gasteiger partial charge in [-0.25, -0.2) is 0 Å². The molecule has 1 fully saturated rings. The molecule has 1 atom stereocenters. The Balaban J connectivity index is 1.54. The molecule has 1 N–H and O–H groups in total. The number of rotatable bonds is 5. The molecule has 0 amide bonds. The molecule has 0 aromatic heterocycles. The van der Waals surface area contributed by atoms with Gasteiger partial charge in [-0.3, -0.25) is 0 Å². The number of aliphatic hydroxyl groups is 1. The number of ether oxygens (including phenoxy) is 3. The Hall–Kier alpha value is -1.30. The van der Waals surface area contributed by atoms with Gasteiger partial charge in [0, 0.05) is 26.3 Å². The van der Waals surface area contributed by atoms with E-state index in [4.69, 9.17) is 14.2 Å². The van der Waals surface area contributed by atoms with E-state index in [1.165, 1.54) is 0 Å². The van der Waals surface area contributed by atoms with E-state index in [0.29, 0.717) is 12.5 Å². The molecule has 5 nitrogen and oxygen atoms in total. The van der Waals surface area contributed by atoms with Crippen molar-refractivity contribution in [3.8, 4) is 11.5 Å². The summed E-state index contributed by atoms with van der Waals surface area (Å²) < 4.78 is 16.0. The highest BCUT2D eigenvalue weighted by atomic mass is 16.7. The molecule has 2 heterocycles. The minimum absolute atomic E-state index is 0.262. The second-order valence-electron chi connectivity index (χ2n) is 5.91. The summed E-state index contributed by atoms with van der Waals surface area (Å²) in [5.74, 6) is 2.15. The zero-order chi connectivity index (χ0) is 14.7. The van der Waals surface area contributed by atoms with Crippen LogP contribution >= 0.6 is 0 Å². The van der Waals surface area contributed by atoms with Gasteiger partial charge in [0.1, 0.15) is 0 Å². The zero-order valence-corrected chi connectivity index (χ0v) is 12.5. The van der Waals surface area contributed by atoms with Gasteiger partial charge in [-0.2, -0.15) is 0 Å². The predicted molar refractivity (Wildman–Crippen MR) is 78.6 cm³/mol. The summed E-state index contributed by atoms with van der Waals surface area (Å²) in [6, 6.07) is 5.63. The van der Waals surface area contributed by atoms with Crippen LogP contribution in [0, 0.1) is 5.92 Å². The molecule has 21 heavy (non-hydrogen) atoms. The quantitative estimate of drug-likeness (QED) is 0.897. The van der Waals surface area contributed by atoms with Crippen molar-refractivity contribution in [3.05, 3.63) is 23.8 Å². The van der Waals surface area contributed by atoms with Crippen molar-refractivity contribution in [3.63, 3.8) is 0 Å². The topological polar surface area (TPSA) is 51.2 Å². The monoisotopic (exact) mass is 293 g/mol. The van der Waals surface area contributed by atoms with Crippen LogP contribution in [0.3, 0.4) is 0 Å². The van der Waals surface area contributed by atoms with E-state index in [9.17, 15) is 5.11 Å². The number of aliphatic hydroxyl groups excluding tert-OH is 1. The van der Waals surface area contributed by atoms with Crippen LogP contribution in [-0.2, 0) is 4.74 Å². The molecule has 2 aliphatic rings. The number of benzene rings is 1. The number of nitrogens with zero attached hydrogens (tertiary/aromatic N) is 1. The van der Waals surface area contributed by atoms with Crippen molar-refractivity contribution in [1.29, 1.82) is 0 Å². The summed E-state index contributed by atoms with van der Waals surface area (Å²) in [5, 5.41) is 10.4. The van der Waals surface area contributed by atoms with Crippen molar-refractivity contribution < 1.29 is 19.3 Å². The van der Waals surface area contributed by atoms with E-state index < -0.39 is 6.10 Å². The summed E-state index contributed by atoms with van der Waals surface area (Å²) in [4.78, 5) is 2.20. The number of likely N-dealkylation sites (N-methyl/N-ethyl adjacent to an activating group) is 1. The van der Waals surface area contributed by atoms with Crippen molar-refractivity contribution in [1.82, 2.24) is 4.90 Å². The third-order valence-corrected chi connectivity index (χ3v) is 4.18. The van der Waals surface area contributed by atoms with Crippen LogP contribution in [0.5, 0.6) is 11.5 Å². The molecule has 0 spiro atoms. The van der Waals surface area contributed by atoms with Crippen molar-refractivity contribution >= 4 is 0 Å². The first-order chi connectivity index (χ1) is 10.2. The largest absolute Gasteiger partial charge is 0.454 e. The lowest BCUT2D eigenvalue weighted by atomic mass is 9.99. The van der Waals surface area contributed by atoms with E-state index in [2.05, 4.69) is 11.9 Å². The second-order valence-corrected chi connectivity index (χ2v) is 5.91. The number of hydrogen-bond donors (Lipinski definition) is 1. The van der Waals surface area contributed by atoms with Gasteiger partial charge >= 0.3 is 0 Å². The van der Waals surface area contributed by atoms with Gasteiger partial charge in [-0.15, -0.1) is 0 Å². The zero-order valence-electron chi connectivity index (χ0n) is 12.5. The van der Waals surface area contributed by atoms with Crippen LogP contribution in [0.1, 0.15) is 24.5 Å². The van der Waals surface area contributed by atoms with Gasteiger partial charge in [0.25, 0.3) is 0 Å². The van der Waals surface area contributed by atoms with E-state index in [-0.39, 0.29) is 6.79 Å². The van der Waals surface area contributed by atoms with Crippen LogP contribution in [0.4, 0.5) is 0 Å². The Labute approximate surface area is 125 Å². The maximum Gasteiger partial charge on any atom is 0.231 e. The van der Waals surface area contributed by atoms with Crippen molar-refractivity contribution in [2.24, 2.45) is 5.92 Å². The molecule has 5 heteroatoms. The van der Waals surface area contributed by atoms with Crippen molar-refractivity contribution in [2.75, 3.05) is 40.1 Å². The molecule has 1 aromatic rings. The number of hydrogen-bond acceptors (Lipinski definition) is 5. The molecular weight excluding hydrogens is 270 g/mol. The molecule has 116 valence electrons. The van der Waals surface area contributed by atoms with Crippen LogP contribution in [-0.4, -0.2) is 50.2 Å². The Morgan fingerprint density at radius 2 is 2.00 bits per heavy atom. The third-order valence-electron chi connectivity index (χ3n) is 4.18. The highest BCUT2D eigenvalue weighted by molar-refractivity contribution is 5.45. The first-order valence-electron chi connectivity index (χ1n) is 7.56. The minimum Gasteiger partial charge on any atom is -0.454 e. The highest BCUT2D eigenvalue weighted by Crippen LogP contribution is 2.34. The Morgan fingerprint density at radius 3 is 2.81 bits per heavy atom. The van der Waals surface area contributed by atoms with Crippen LogP contribution in [0.15, 0.2) is 18.2 Å². The normalized spacial score (nSPS) is 20.0. The molecule has 3 rings (SSSR count). The smallest absolute Gasteiger partial charge is 0.231 e. The molecule has 1 aromatic carbocycles. The van der Waals surface area contributed by atoms with Gasteiger partial charge in [-0.05, 0) is 43.5 Å². The van der Waals surface area contributed by atoms with Crippen LogP contribution in [0.25, 0.3) is 0 Å². The molecule has 1 saturated heterocycles. The molecule has 2 aliphatic heterocycles. The average Bonchev–Trinajstić information content (AvgIpc) is 2.95. The van der Waals surface area contributed by atoms with Gasteiger partial charge in [-0.1, -0.05) is 6.07 Å². The molecular formula is C16H23NO4.